The van der Waals surface area contributed by atoms with Crippen LogP contribution < -0.4 is 0 Å². The summed E-state index contributed by atoms with van der Waals surface area (Å²) in [6.45, 7) is -0.166. The van der Waals surface area contributed by atoms with Gasteiger partial charge in [0.2, 0.25) is 0 Å². The van der Waals surface area contributed by atoms with Gasteiger partial charge in [-0.2, -0.15) is 0 Å². The second-order valence-corrected chi connectivity index (χ2v) is 3.93. The van der Waals surface area contributed by atoms with Crippen molar-refractivity contribution in [1.29, 1.82) is 0 Å². The van der Waals surface area contributed by atoms with E-state index in [2.05, 4.69) is 9.97 Å². The van der Waals surface area contributed by atoms with Gasteiger partial charge < -0.3 is 5.11 Å². The molecule has 0 atom stereocenters. The second-order valence-electron chi connectivity index (χ2n) is 3.14. The highest BCUT2D eigenvalue weighted by molar-refractivity contribution is 6.43. The Labute approximate surface area is 103 Å². The summed E-state index contributed by atoms with van der Waals surface area (Å²) in [6, 6.07) is 5.31. The van der Waals surface area contributed by atoms with Crippen LogP contribution in [-0.2, 0) is 6.61 Å². The van der Waals surface area contributed by atoms with Crippen LogP contribution >= 0.6 is 23.2 Å². The Morgan fingerprint density at radius 1 is 1.19 bits per heavy atom. The van der Waals surface area contributed by atoms with Gasteiger partial charge in [0.05, 0.1) is 22.3 Å². The molecule has 2 aromatic rings. The summed E-state index contributed by atoms with van der Waals surface area (Å²) in [5, 5.41) is 10.1. The van der Waals surface area contributed by atoms with Gasteiger partial charge in [-0.15, -0.1) is 0 Å². The molecular formula is C11H8Cl2N2O. The molecule has 0 amide bonds. The quantitative estimate of drug-likeness (QED) is 0.897. The lowest BCUT2D eigenvalue weighted by molar-refractivity contribution is 0.277. The van der Waals surface area contributed by atoms with Crippen LogP contribution in [-0.4, -0.2) is 15.1 Å². The van der Waals surface area contributed by atoms with Crippen molar-refractivity contribution >= 4 is 23.2 Å². The van der Waals surface area contributed by atoms with E-state index in [4.69, 9.17) is 23.2 Å². The normalized spacial score (nSPS) is 10.4. The Kier molecular flexibility index (Phi) is 3.39. The number of benzene rings is 1. The first-order valence-electron chi connectivity index (χ1n) is 4.58. The minimum absolute atomic E-state index is 0.166. The van der Waals surface area contributed by atoms with Gasteiger partial charge in [-0.25, -0.2) is 9.97 Å². The molecule has 0 radical (unpaired) electrons. The summed E-state index contributed by atoms with van der Waals surface area (Å²) < 4.78 is 0. The molecule has 5 heteroatoms. The van der Waals surface area contributed by atoms with E-state index in [0.717, 1.165) is 5.56 Å². The van der Waals surface area contributed by atoms with E-state index in [1.54, 1.807) is 18.3 Å². The van der Waals surface area contributed by atoms with Gasteiger partial charge in [-0.3, -0.25) is 0 Å². The minimum atomic E-state index is -0.166. The molecule has 82 valence electrons. The molecular weight excluding hydrogens is 247 g/mol. The van der Waals surface area contributed by atoms with Crippen molar-refractivity contribution in [2.24, 2.45) is 0 Å². The Bertz CT molecular complexity index is 517. The monoisotopic (exact) mass is 254 g/mol. The maximum Gasteiger partial charge on any atom is 0.115 e. The van der Waals surface area contributed by atoms with E-state index < -0.39 is 0 Å². The molecule has 0 bridgehead atoms. The first-order chi connectivity index (χ1) is 7.74. The Hall–Kier alpha value is -1.16. The molecule has 1 aromatic heterocycles. The smallest absolute Gasteiger partial charge is 0.115 e. The average Bonchev–Trinajstić information content (AvgIpc) is 2.33. The van der Waals surface area contributed by atoms with Crippen molar-refractivity contribution < 1.29 is 5.11 Å². The molecule has 0 saturated carbocycles. The predicted molar refractivity (Wildman–Crippen MR) is 63.4 cm³/mol. The number of aliphatic hydroxyl groups excluding tert-OH is 1. The Balaban J connectivity index is 2.63. The van der Waals surface area contributed by atoms with Gasteiger partial charge >= 0.3 is 0 Å². The lowest BCUT2D eigenvalue weighted by atomic mass is 10.1. The van der Waals surface area contributed by atoms with E-state index in [1.807, 2.05) is 6.07 Å². The van der Waals surface area contributed by atoms with Crippen LogP contribution in [0.4, 0.5) is 0 Å². The zero-order valence-electron chi connectivity index (χ0n) is 8.19. The lowest BCUT2D eigenvalue weighted by Crippen LogP contribution is -1.95. The van der Waals surface area contributed by atoms with Crippen LogP contribution in [0.2, 0.25) is 10.0 Å². The summed E-state index contributed by atoms with van der Waals surface area (Å²) >= 11 is 12.0. The van der Waals surface area contributed by atoms with Crippen molar-refractivity contribution in [3.63, 3.8) is 0 Å². The molecule has 0 aliphatic rings. The van der Waals surface area contributed by atoms with Gasteiger partial charge in [-0.05, 0) is 6.07 Å². The van der Waals surface area contributed by atoms with E-state index >= 15 is 0 Å². The predicted octanol–water partition coefficient (Wildman–Crippen LogP) is 2.94. The lowest BCUT2D eigenvalue weighted by Gasteiger charge is -2.08. The summed E-state index contributed by atoms with van der Waals surface area (Å²) in [6.07, 6.45) is 2.99. The number of hydrogen-bond donors (Lipinski definition) is 1. The van der Waals surface area contributed by atoms with Crippen LogP contribution in [0.25, 0.3) is 11.1 Å². The standard InChI is InChI=1S/C11H8Cl2N2O/c12-9-3-1-2-7(11(9)13)8-4-14-6-15-10(8)5-16/h1-4,6,16H,5H2. The summed E-state index contributed by atoms with van der Waals surface area (Å²) in [7, 11) is 0. The third kappa shape index (κ3) is 2.02. The molecule has 1 N–H and O–H groups in total. The van der Waals surface area contributed by atoms with Gasteiger partial charge in [0, 0.05) is 17.3 Å². The fraction of sp³-hybridized carbons (Fsp3) is 0.0909. The second kappa shape index (κ2) is 4.78. The van der Waals surface area contributed by atoms with Crippen LogP contribution in [0.15, 0.2) is 30.7 Å². The highest BCUT2D eigenvalue weighted by Gasteiger charge is 2.11. The van der Waals surface area contributed by atoms with Crippen molar-refractivity contribution in [1.82, 2.24) is 9.97 Å². The van der Waals surface area contributed by atoms with Crippen molar-refractivity contribution in [2.75, 3.05) is 0 Å². The molecule has 0 aliphatic heterocycles. The molecule has 0 fully saturated rings. The number of hydrogen-bond acceptors (Lipinski definition) is 3. The molecule has 0 saturated heterocycles. The van der Waals surface area contributed by atoms with Crippen molar-refractivity contribution in [3.05, 3.63) is 46.5 Å². The molecule has 3 nitrogen and oxygen atoms in total. The van der Waals surface area contributed by atoms with Gasteiger partial charge in [-0.1, -0.05) is 35.3 Å². The largest absolute Gasteiger partial charge is 0.390 e. The topological polar surface area (TPSA) is 46.0 Å². The van der Waals surface area contributed by atoms with E-state index in [0.29, 0.717) is 21.3 Å². The van der Waals surface area contributed by atoms with Gasteiger partial charge in [0.15, 0.2) is 0 Å². The third-order valence-corrected chi connectivity index (χ3v) is 3.01. The number of halogens is 2. The van der Waals surface area contributed by atoms with Crippen LogP contribution in [0, 0.1) is 0 Å². The number of aliphatic hydroxyl groups is 1. The average molecular weight is 255 g/mol. The minimum Gasteiger partial charge on any atom is -0.390 e. The van der Waals surface area contributed by atoms with Crippen LogP contribution in [0.5, 0.6) is 0 Å². The fourth-order valence-electron chi connectivity index (χ4n) is 1.42. The molecule has 2 rings (SSSR count). The summed E-state index contributed by atoms with van der Waals surface area (Å²) in [5.41, 5.74) is 1.94. The third-order valence-electron chi connectivity index (χ3n) is 2.19. The first kappa shape index (κ1) is 11.3. The van der Waals surface area contributed by atoms with Crippen molar-refractivity contribution in [3.8, 4) is 11.1 Å². The summed E-state index contributed by atoms with van der Waals surface area (Å²) in [5.74, 6) is 0. The Morgan fingerprint density at radius 2 is 2.00 bits per heavy atom. The fourth-order valence-corrected chi connectivity index (χ4v) is 1.82. The first-order valence-corrected chi connectivity index (χ1v) is 5.33. The van der Waals surface area contributed by atoms with Gasteiger partial charge in [0.25, 0.3) is 0 Å². The van der Waals surface area contributed by atoms with E-state index in [9.17, 15) is 5.11 Å². The SMILES string of the molecule is OCc1ncncc1-c1cccc(Cl)c1Cl. The zero-order chi connectivity index (χ0) is 11.5. The molecule has 0 spiro atoms. The van der Waals surface area contributed by atoms with Gasteiger partial charge in [0.1, 0.15) is 6.33 Å². The highest BCUT2D eigenvalue weighted by atomic mass is 35.5. The maximum atomic E-state index is 9.17. The highest BCUT2D eigenvalue weighted by Crippen LogP contribution is 2.34. The molecule has 16 heavy (non-hydrogen) atoms. The van der Waals surface area contributed by atoms with E-state index in [-0.39, 0.29) is 6.61 Å². The van der Waals surface area contributed by atoms with Crippen molar-refractivity contribution in [2.45, 2.75) is 6.61 Å². The molecule has 0 aliphatic carbocycles. The van der Waals surface area contributed by atoms with Crippen LogP contribution in [0.1, 0.15) is 5.69 Å². The maximum absolute atomic E-state index is 9.17. The van der Waals surface area contributed by atoms with Crippen LogP contribution in [0.3, 0.4) is 0 Å². The molecule has 0 unspecified atom stereocenters. The van der Waals surface area contributed by atoms with E-state index in [1.165, 1.54) is 6.33 Å². The molecule has 1 heterocycles. The zero-order valence-corrected chi connectivity index (χ0v) is 9.70. The number of rotatable bonds is 2. The number of nitrogens with zero attached hydrogens (tertiary/aromatic N) is 2. The molecule has 1 aromatic carbocycles. The summed E-state index contributed by atoms with van der Waals surface area (Å²) in [4.78, 5) is 7.90. The number of aromatic nitrogens is 2. The Morgan fingerprint density at radius 3 is 2.75 bits per heavy atom.